The first kappa shape index (κ1) is 15.0. The lowest BCUT2D eigenvalue weighted by atomic mass is 10.1. The highest BCUT2D eigenvalue weighted by molar-refractivity contribution is 9.10. The molecule has 3 N–H and O–H groups in total. The summed E-state index contributed by atoms with van der Waals surface area (Å²) in [6.45, 7) is 6.69. The maximum absolute atomic E-state index is 5.90. The molecule has 0 aliphatic rings. The monoisotopic (exact) mass is 333 g/mol. The number of nitrogens with two attached hydrogens (primary N) is 1. The normalized spacial score (nSPS) is 12.2. The summed E-state index contributed by atoms with van der Waals surface area (Å²) >= 11 is 3.59. The van der Waals surface area contributed by atoms with E-state index < -0.39 is 0 Å². The van der Waals surface area contributed by atoms with E-state index in [0.717, 1.165) is 21.4 Å². The van der Waals surface area contributed by atoms with Crippen molar-refractivity contribution in [2.24, 2.45) is 5.73 Å². The van der Waals surface area contributed by atoms with E-state index in [-0.39, 0.29) is 6.04 Å². The van der Waals surface area contributed by atoms with Crippen molar-refractivity contribution in [2.45, 2.75) is 26.8 Å². The fourth-order valence-corrected chi connectivity index (χ4v) is 2.42. The van der Waals surface area contributed by atoms with Crippen molar-refractivity contribution in [3.63, 3.8) is 0 Å². The summed E-state index contributed by atoms with van der Waals surface area (Å²) in [6.07, 6.45) is 1.89. The summed E-state index contributed by atoms with van der Waals surface area (Å²) < 4.78 is 1.16. The van der Waals surface area contributed by atoms with Gasteiger partial charge in [-0.2, -0.15) is 0 Å². The predicted molar refractivity (Wildman–Crippen MR) is 88.0 cm³/mol. The first-order valence-electron chi connectivity index (χ1n) is 6.67. The van der Waals surface area contributed by atoms with Gasteiger partial charge in [0.25, 0.3) is 0 Å². The average Bonchev–Trinajstić information content (AvgIpc) is 2.43. The van der Waals surface area contributed by atoms with Crippen molar-refractivity contribution in [3.8, 4) is 0 Å². The molecule has 0 radical (unpaired) electrons. The van der Waals surface area contributed by atoms with Gasteiger partial charge in [-0.1, -0.05) is 22.0 Å². The Morgan fingerprint density at radius 2 is 1.85 bits per heavy atom. The Morgan fingerprint density at radius 3 is 2.35 bits per heavy atom. The quantitative estimate of drug-likeness (QED) is 0.892. The van der Waals surface area contributed by atoms with Crippen LogP contribution in [0.2, 0.25) is 0 Å². The van der Waals surface area contributed by atoms with Crippen molar-refractivity contribution >= 4 is 21.6 Å². The molecule has 0 fully saturated rings. The molecule has 4 heteroatoms. The largest absolute Gasteiger partial charge is 0.377 e. The number of hydrogen-bond donors (Lipinski definition) is 2. The zero-order valence-electron chi connectivity index (χ0n) is 12.1. The van der Waals surface area contributed by atoms with Gasteiger partial charge >= 0.3 is 0 Å². The Labute approximate surface area is 128 Å². The Balaban J connectivity index is 2.24. The molecule has 1 atom stereocenters. The predicted octanol–water partition coefficient (Wildman–Crippen LogP) is 3.88. The van der Waals surface area contributed by atoms with Crippen molar-refractivity contribution in [3.05, 3.63) is 57.3 Å². The molecule has 1 heterocycles. The zero-order chi connectivity index (χ0) is 14.7. The van der Waals surface area contributed by atoms with Crippen LogP contribution in [0.4, 0.5) is 5.69 Å². The van der Waals surface area contributed by atoms with Crippen molar-refractivity contribution in [2.75, 3.05) is 11.9 Å². The van der Waals surface area contributed by atoms with E-state index >= 15 is 0 Å². The van der Waals surface area contributed by atoms with Crippen molar-refractivity contribution in [1.29, 1.82) is 0 Å². The van der Waals surface area contributed by atoms with Crippen LogP contribution in [0, 0.1) is 20.8 Å². The molecule has 3 nitrogen and oxygen atoms in total. The fourth-order valence-electron chi connectivity index (χ4n) is 2.19. The summed E-state index contributed by atoms with van der Waals surface area (Å²) in [5.74, 6) is 0. The molecule has 0 bridgehead atoms. The fraction of sp³-hybridized carbons (Fsp3) is 0.312. The first-order chi connectivity index (χ1) is 9.51. The third-order valence-electron chi connectivity index (χ3n) is 3.35. The second kappa shape index (κ2) is 6.37. The van der Waals surface area contributed by atoms with Crippen LogP contribution < -0.4 is 11.1 Å². The van der Waals surface area contributed by atoms with Gasteiger partial charge in [0, 0.05) is 28.6 Å². The van der Waals surface area contributed by atoms with Crippen LogP contribution in [-0.4, -0.2) is 11.5 Å². The SMILES string of the molecule is Cc1ccc(C(CN)Nc2cc(C)c(Br)c(C)c2)cn1. The van der Waals surface area contributed by atoms with Gasteiger partial charge in [0.2, 0.25) is 0 Å². The number of rotatable bonds is 4. The standard InChI is InChI=1S/C16H20BrN3/c1-10-6-14(7-11(2)16(10)17)20-15(8-18)13-5-4-12(3)19-9-13/h4-7,9,15,20H,8,18H2,1-3H3. The third kappa shape index (κ3) is 3.38. The maximum Gasteiger partial charge on any atom is 0.0651 e. The number of nitrogens with one attached hydrogen (secondary N) is 1. The molecule has 20 heavy (non-hydrogen) atoms. The minimum absolute atomic E-state index is 0.0723. The van der Waals surface area contributed by atoms with E-state index in [1.54, 1.807) is 0 Å². The number of halogens is 1. The highest BCUT2D eigenvalue weighted by Gasteiger charge is 2.11. The topological polar surface area (TPSA) is 50.9 Å². The van der Waals surface area contributed by atoms with Crippen molar-refractivity contribution in [1.82, 2.24) is 4.98 Å². The van der Waals surface area contributed by atoms with Gasteiger partial charge in [-0.25, -0.2) is 0 Å². The van der Waals surface area contributed by atoms with E-state index in [0.29, 0.717) is 6.54 Å². The van der Waals surface area contributed by atoms with Crippen LogP contribution in [0.1, 0.15) is 28.4 Å². The smallest absolute Gasteiger partial charge is 0.0651 e. The van der Waals surface area contributed by atoms with Gasteiger partial charge in [0.1, 0.15) is 0 Å². The number of hydrogen-bond acceptors (Lipinski definition) is 3. The van der Waals surface area contributed by atoms with E-state index in [4.69, 9.17) is 5.73 Å². The van der Waals surface area contributed by atoms with Crippen LogP contribution in [0.15, 0.2) is 34.9 Å². The number of nitrogens with zero attached hydrogens (tertiary/aromatic N) is 1. The van der Waals surface area contributed by atoms with Gasteiger partial charge in [0.05, 0.1) is 6.04 Å². The summed E-state index contributed by atoms with van der Waals surface area (Å²) in [6, 6.07) is 8.41. The molecular weight excluding hydrogens is 314 g/mol. The van der Waals surface area contributed by atoms with Gasteiger partial charge in [-0.3, -0.25) is 4.98 Å². The molecule has 1 aromatic heterocycles. The Kier molecular flexibility index (Phi) is 4.78. The molecule has 0 aliphatic heterocycles. The van der Waals surface area contributed by atoms with Crippen LogP contribution >= 0.6 is 15.9 Å². The summed E-state index contributed by atoms with van der Waals surface area (Å²) in [7, 11) is 0. The minimum Gasteiger partial charge on any atom is -0.377 e. The van der Waals surface area contributed by atoms with Gasteiger partial charge in [0.15, 0.2) is 0 Å². The highest BCUT2D eigenvalue weighted by Crippen LogP contribution is 2.27. The Bertz CT molecular complexity index is 570. The van der Waals surface area contributed by atoms with E-state index in [1.165, 1.54) is 11.1 Å². The second-order valence-electron chi connectivity index (χ2n) is 5.09. The number of aryl methyl sites for hydroxylation is 3. The molecule has 1 unspecified atom stereocenters. The number of pyridine rings is 1. The lowest BCUT2D eigenvalue weighted by Crippen LogP contribution is -2.21. The van der Waals surface area contributed by atoms with Crippen LogP contribution in [-0.2, 0) is 0 Å². The molecule has 2 aromatic rings. The van der Waals surface area contributed by atoms with Crippen molar-refractivity contribution < 1.29 is 0 Å². The molecule has 0 aliphatic carbocycles. The average molecular weight is 334 g/mol. The Morgan fingerprint density at radius 1 is 1.20 bits per heavy atom. The van der Waals surface area contributed by atoms with Crippen LogP contribution in [0.5, 0.6) is 0 Å². The first-order valence-corrected chi connectivity index (χ1v) is 7.46. The third-order valence-corrected chi connectivity index (χ3v) is 4.60. The molecule has 106 valence electrons. The van der Waals surface area contributed by atoms with Gasteiger partial charge < -0.3 is 11.1 Å². The summed E-state index contributed by atoms with van der Waals surface area (Å²) in [4.78, 5) is 4.34. The van der Waals surface area contributed by atoms with Crippen LogP contribution in [0.25, 0.3) is 0 Å². The van der Waals surface area contributed by atoms with E-state index in [2.05, 4.69) is 58.3 Å². The van der Waals surface area contributed by atoms with E-state index in [9.17, 15) is 0 Å². The molecular formula is C16H20BrN3. The molecule has 0 spiro atoms. The lowest BCUT2D eigenvalue weighted by molar-refractivity contribution is 0.783. The molecule has 0 saturated carbocycles. The maximum atomic E-state index is 5.90. The lowest BCUT2D eigenvalue weighted by Gasteiger charge is -2.19. The highest BCUT2D eigenvalue weighted by atomic mass is 79.9. The summed E-state index contributed by atoms with van der Waals surface area (Å²) in [5.41, 5.74) is 11.5. The molecule has 1 aromatic carbocycles. The van der Waals surface area contributed by atoms with Crippen LogP contribution in [0.3, 0.4) is 0 Å². The number of anilines is 1. The minimum atomic E-state index is 0.0723. The Hall–Kier alpha value is -1.39. The zero-order valence-corrected chi connectivity index (χ0v) is 13.7. The number of benzene rings is 1. The molecule has 0 saturated heterocycles. The molecule has 2 rings (SSSR count). The second-order valence-corrected chi connectivity index (χ2v) is 5.88. The van der Waals surface area contributed by atoms with Gasteiger partial charge in [-0.05, 0) is 55.7 Å². The van der Waals surface area contributed by atoms with Gasteiger partial charge in [-0.15, -0.1) is 0 Å². The van der Waals surface area contributed by atoms with E-state index in [1.807, 2.05) is 19.2 Å². The molecule has 0 amide bonds. The number of aromatic nitrogens is 1. The summed E-state index contributed by atoms with van der Waals surface area (Å²) in [5, 5.41) is 3.49.